The van der Waals surface area contributed by atoms with Crippen LogP contribution in [-0.4, -0.2) is 31.8 Å². The van der Waals surface area contributed by atoms with Crippen LogP contribution in [0.3, 0.4) is 0 Å². The van der Waals surface area contributed by atoms with Gasteiger partial charge in [0.05, 0.1) is 7.11 Å². The van der Waals surface area contributed by atoms with Crippen molar-refractivity contribution in [2.24, 2.45) is 0 Å². The fourth-order valence-electron chi connectivity index (χ4n) is 0.929. The average molecular weight is 192 g/mol. The molecule has 0 aliphatic heterocycles. The van der Waals surface area contributed by atoms with Crippen molar-refractivity contribution < 1.29 is 4.74 Å². The number of ether oxygens (including phenoxy) is 1. The van der Waals surface area contributed by atoms with Crippen LogP contribution in [0.1, 0.15) is 0 Å². The molecule has 0 radical (unpaired) electrons. The summed E-state index contributed by atoms with van der Waals surface area (Å²) in [6.45, 7) is 0. The Labute approximate surface area is 79.6 Å². The maximum absolute atomic E-state index is 5.36. The Morgan fingerprint density at radius 1 is 1.43 bits per heavy atom. The first-order valence-corrected chi connectivity index (χ1v) is 3.84. The fraction of sp³-hybridized carbons (Fsp3) is 0.143. The van der Waals surface area contributed by atoms with E-state index >= 15 is 0 Å². The summed E-state index contributed by atoms with van der Waals surface area (Å²) >= 11 is 0. The van der Waals surface area contributed by atoms with Crippen molar-refractivity contribution in [3.63, 3.8) is 0 Å². The number of hydrogen-bond donors (Lipinski definition) is 1. The average Bonchev–Trinajstić information content (AvgIpc) is 2.65. The molecule has 2 heterocycles. The van der Waals surface area contributed by atoms with E-state index in [4.69, 9.17) is 10.5 Å². The lowest BCUT2D eigenvalue weighted by molar-refractivity contribution is 0.395. The molecule has 0 saturated carbocycles. The molecule has 7 heteroatoms. The number of nitrogens with two attached hydrogens (primary N) is 1. The van der Waals surface area contributed by atoms with Gasteiger partial charge < -0.3 is 10.5 Å². The van der Waals surface area contributed by atoms with Gasteiger partial charge in [-0.25, -0.2) is 9.97 Å². The van der Waals surface area contributed by atoms with Crippen molar-refractivity contribution in [2.45, 2.75) is 0 Å². The zero-order valence-electron chi connectivity index (χ0n) is 7.45. The van der Waals surface area contributed by atoms with E-state index in [2.05, 4.69) is 20.1 Å². The van der Waals surface area contributed by atoms with Crippen LogP contribution in [0.25, 0.3) is 5.95 Å². The number of nitrogen functional groups attached to an aromatic ring is 1. The Bertz CT molecular complexity index is 439. The quantitative estimate of drug-likeness (QED) is 0.699. The van der Waals surface area contributed by atoms with Crippen LogP contribution in [-0.2, 0) is 0 Å². The highest BCUT2D eigenvalue weighted by Gasteiger charge is 2.03. The molecule has 2 aromatic heterocycles. The molecule has 0 spiro atoms. The molecular formula is C7H8N6O. The van der Waals surface area contributed by atoms with Crippen molar-refractivity contribution in [3.05, 3.63) is 18.6 Å². The number of methoxy groups -OCH3 is 1. The molecule has 0 unspecified atom stereocenters. The van der Waals surface area contributed by atoms with Gasteiger partial charge in [0.1, 0.15) is 6.33 Å². The topological polar surface area (TPSA) is 91.7 Å². The lowest BCUT2D eigenvalue weighted by Crippen LogP contribution is -2.03. The standard InChI is InChI=1S/C7H8N6O/c1-14-5-2-3-9-7(11-5)13-4-10-6(8)12-13/h2-4H,1H3,(H2,8,12). The fourth-order valence-corrected chi connectivity index (χ4v) is 0.929. The minimum Gasteiger partial charge on any atom is -0.481 e. The summed E-state index contributed by atoms with van der Waals surface area (Å²) in [5.74, 6) is 1.01. The summed E-state index contributed by atoms with van der Waals surface area (Å²) in [4.78, 5) is 11.8. The summed E-state index contributed by atoms with van der Waals surface area (Å²) in [6, 6.07) is 1.64. The summed E-state index contributed by atoms with van der Waals surface area (Å²) in [6.07, 6.45) is 3.00. The smallest absolute Gasteiger partial charge is 0.255 e. The molecule has 72 valence electrons. The van der Waals surface area contributed by atoms with Crippen LogP contribution in [0.15, 0.2) is 18.6 Å². The maximum Gasteiger partial charge on any atom is 0.255 e. The molecule has 0 aliphatic rings. The van der Waals surface area contributed by atoms with Crippen LogP contribution >= 0.6 is 0 Å². The Hall–Kier alpha value is -2.18. The SMILES string of the molecule is COc1ccnc(-n2cnc(N)n2)n1. The van der Waals surface area contributed by atoms with Gasteiger partial charge in [-0.05, 0) is 0 Å². The molecule has 0 amide bonds. The first-order valence-electron chi connectivity index (χ1n) is 3.84. The second kappa shape index (κ2) is 3.29. The summed E-state index contributed by atoms with van der Waals surface area (Å²) in [5, 5.41) is 3.86. The molecule has 7 nitrogen and oxygen atoms in total. The number of aromatic nitrogens is 5. The Balaban J connectivity index is 2.41. The minimum atomic E-state index is 0.177. The molecule has 0 saturated heterocycles. The highest BCUT2D eigenvalue weighted by molar-refractivity contribution is 5.19. The van der Waals surface area contributed by atoms with E-state index in [9.17, 15) is 0 Å². The lowest BCUT2D eigenvalue weighted by atomic mass is 10.6. The number of hydrogen-bond acceptors (Lipinski definition) is 6. The van der Waals surface area contributed by atoms with E-state index in [0.717, 1.165) is 0 Å². The van der Waals surface area contributed by atoms with Gasteiger partial charge in [-0.2, -0.15) is 9.67 Å². The molecule has 0 fully saturated rings. The second-order valence-electron chi connectivity index (χ2n) is 2.45. The van der Waals surface area contributed by atoms with Gasteiger partial charge in [-0.3, -0.25) is 0 Å². The van der Waals surface area contributed by atoms with Crippen LogP contribution in [0.2, 0.25) is 0 Å². The second-order valence-corrected chi connectivity index (χ2v) is 2.45. The van der Waals surface area contributed by atoms with E-state index < -0.39 is 0 Å². The van der Waals surface area contributed by atoms with Crippen molar-refractivity contribution >= 4 is 5.95 Å². The van der Waals surface area contributed by atoms with Crippen molar-refractivity contribution in [3.8, 4) is 11.8 Å². The van der Waals surface area contributed by atoms with Gasteiger partial charge in [0, 0.05) is 12.3 Å². The van der Waals surface area contributed by atoms with E-state index in [-0.39, 0.29) is 5.95 Å². The number of nitrogens with zero attached hydrogens (tertiary/aromatic N) is 5. The normalized spacial score (nSPS) is 10.1. The highest BCUT2D eigenvalue weighted by atomic mass is 16.5. The highest BCUT2D eigenvalue weighted by Crippen LogP contribution is 2.06. The molecular weight excluding hydrogens is 184 g/mol. The van der Waals surface area contributed by atoms with Gasteiger partial charge in [0.2, 0.25) is 11.8 Å². The zero-order chi connectivity index (χ0) is 9.97. The van der Waals surface area contributed by atoms with Crippen LogP contribution in [0.4, 0.5) is 5.95 Å². The van der Waals surface area contributed by atoms with Crippen LogP contribution in [0.5, 0.6) is 5.88 Å². The van der Waals surface area contributed by atoms with Gasteiger partial charge in [0.25, 0.3) is 5.95 Å². The molecule has 2 rings (SSSR count). The van der Waals surface area contributed by atoms with E-state index in [1.54, 1.807) is 12.3 Å². The first-order chi connectivity index (χ1) is 6.79. The predicted molar refractivity (Wildman–Crippen MR) is 47.9 cm³/mol. The van der Waals surface area contributed by atoms with Crippen molar-refractivity contribution in [2.75, 3.05) is 12.8 Å². The van der Waals surface area contributed by atoms with Crippen molar-refractivity contribution in [1.29, 1.82) is 0 Å². The summed E-state index contributed by atoms with van der Waals surface area (Å²) in [7, 11) is 1.53. The van der Waals surface area contributed by atoms with E-state index in [0.29, 0.717) is 11.8 Å². The predicted octanol–water partition coefficient (Wildman–Crippen LogP) is -0.352. The summed E-state index contributed by atoms with van der Waals surface area (Å²) in [5.41, 5.74) is 5.36. The number of rotatable bonds is 2. The molecule has 2 N–H and O–H groups in total. The number of anilines is 1. The van der Waals surface area contributed by atoms with E-state index in [1.807, 2.05) is 0 Å². The molecule has 0 bridgehead atoms. The molecule has 14 heavy (non-hydrogen) atoms. The monoisotopic (exact) mass is 192 g/mol. The van der Waals surface area contributed by atoms with Gasteiger partial charge in [0.15, 0.2) is 0 Å². The van der Waals surface area contributed by atoms with Gasteiger partial charge in [-0.1, -0.05) is 0 Å². The maximum atomic E-state index is 5.36. The largest absolute Gasteiger partial charge is 0.481 e. The van der Waals surface area contributed by atoms with Crippen molar-refractivity contribution in [1.82, 2.24) is 24.7 Å². The molecule has 0 aliphatic carbocycles. The minimum absolute atomic E-state index is 0.177. The Kier molecular flexibility index (Phi) is 1.98. The molecule has 0 aromatic carbocycles. The first kappa shape index (κ1) is 8.42. The zero-order valence-corrected chi connectivity index (χ0v) is 7.45. The van der Waals surface area contributed by atoms with Crippen LogP contribution < -0.4 is 10.5 Å². The Morgan fingerprint density at radius 2 is 2.29 bits per heavy atom. The van der Waals surface area contributed by atoms with Crippen LogP contribution in [0, 0.1) is 0 Å². The molecule has 2 aromatic rings. The third-order valence-corrected chi connectivity index (χ3v) is 1.54. The third-order valence-electron chi connectivity index (χ3n) is 1.54. The van der Waals surface area contributed by atoms with Gasteiger partial charge in [-0.15, -0.1) is 5.10 Å². The Morgan fingerprint density at radius 3 is 2.93 bits per heavy atom. The van der Waals surface area contributed by atoms with E-state index in [1.165, 1.54) is 18.1 Å². The third kappa shape index (κ3) is 1.47. The lowest BCUT2D eigenvalue weighted by Gasteiger charge is -2.00. The summed E-state index contributed by atoms with van der Waals surface area (Å²) < 4.78 is 6.31. The van der Waals surface area contributed by atoms with Gasteiger partial charge >= 0.3 is 0 Å². The molecule has 0 atom stereocenters.